The SMILES string of the molecule is Cc1cc2ncc(C#N)c(Nc3ccc(OCc4cn5cccc(C)c5n4)c(Cl)c3)c2cc1NC(=O)CCCN(C)C. The van der Waals surface area contributed by atoms with Gasteiger partial charge in [-0.25, -0.2) is 4.98 Å². The Morgan fingerprint density at radius 3 is 2.74 bits per heavy atom. The number of anilines is 3. The van der Waals surface area contributed by atoms with E-state index in [9.17, 15) is 10.1 Å². The highest BCUT2D eigenvalue weighted by Gasteiger charge is 2.15. The first-order chi connectivity index (χ1) is 20.2. The fraction of sp³-hybridized carbons (Fsp3) is 0.250. The maximum Gasteiger partial charge on any atom is 0.224 e. The Balaban J connectivity index is 1.36. The number of pyridine rings is 2. The number of imidazole rings is 1. The van der Waals surface area contributed by atoms with Crippen LogP contribution in [0.15, 0.2) is 61.1 Å². The predicted octanol–water partition coefficient (Wildman–Crippen LogP) is 6.63. The molecule has 0 atom stereocenters. The Hall–Kier alpha value is -4.65. The van der Waals surface area contributed by atoms with Gasteiger partial charge in [0.1, 0.15) is 24.1 Å². The normalized spacial score (nSPS) is 11.2. The summed E-state index contributed by atoms with van der Waals surface area (Å²) in [5, 5.41) is 17.3. The second-order valence-corrected chi connectivity index (χ2v) is 10.9. The molecule has 0 aliphatic rings. The summed E-state index contributed by atoms with van der Waals surface area (Å²) < 4.78 is 7.95. The van der Waals surface area contributed by atoms with Crippen LogP contribution in [0.3, 0.4) is 0 Å². The number of benzene rings is 2. The van der Waals surface area contributed by atoms with E-state index in [0.717, 1.165) is 35.4 Å². The highest BCUT2D eigenvalue weighted by molar-refractivity contribution is 6.32. The molecular weight excluding hydrogens is 550 g/mol. The molecule has 10 heteroatoms. The number of nitriles is 1. The van der Waals surface area contributed by atoms with Gasteiger partial charge in [0.25, 0.3) is 0 Å². The Bertz CT molecular complexity index is 1820. The number of halogens is 1. The summed E-state index contributed by atoms with van der Waals surface area (Å²) in [5.41, 5.74) is 6.66. The van der Waals surface area contributed by atoms with Gasteiger partial charge in [0.2, 0.25) is 5.91 Å². The molecule has 1 amide bonds. The summed E-state index contributed by atoms with van der Waals surface area (Å²) in [4.78, 5) is 23.8. The van der Waals surface area contributed by atoms with Crippen LogP contribution in [0, 0.1) is 25.2 Å². The van der Waals surface area contributed by atoms with Gasteiger partial charge in [0.15, 0.2) is 0 Å². The number of fused-ring (bicyclic) bond motifs is 2. The van der Waals surface area contributed by atoms with Crippen molar-refractivity contribution in [2.75, 3.05) is 31.3 Å². The van der Waals surface area contributed by atoms with Crippen molar-refractivity contribution in [1.29, 1.82) is 5.26 Å². The third-order valence-corrected chi connectivity index (χ3v) is 7.22. The van der Waals surface area contributed by atoms with Crippen LogP contribution in [0.4, 0.5) is 17.1 Å². The maximum atomic E-state index is 12.6. The number of hydrogen-bond donors (Lipinski definition) is 2. The number of aromatic nitrogens is 3. The molecular formula is C32H32ClN7O2. The Morgan fingerprint density at radius 2 is 2.00 bits per heavy atom. The number of aryl methyl sites for hydroxylation is 2. The third-order valence-electron chi connectivity index (χ3n) is 6.92. The van der Waals surface area contributed by atoms with Gasteiger partial charge in [-0.1, -0.05) is 17.7 Å². The molecule has 0 saturated heterocycles. The van der Waals surface area contributed by atoms with E-state index in [1.807, 2.05) is 75.1 Å². The highest BCUT2D eigenvalue weighted by atomic mass is 35.5. The first-order valence-electron chi connectivity index (χ1n) is 13.6. The fourth-order valence-electron chi connectivity index (χ4n) is 4.73. The van der Waals surface area contributed by atoms with Gasteiger partial charge in [-0.15, -0.1) is 0 Å². The van der Waals surface area contributed by atoms with Crippen molar-refractivity contribution >= 4 is 51.1 Å². The van der Waals surface area contributed by atoms with Crippen molar-refractivity contribution in [2.24, 2.45) is 0 Å². The highest BCUT2D eigenvalue weighted by Crippen LogP contribution is 2.35. The number of nitrogens with zero attached hydrogens (tertiary/aromatic N) is 5. The van der Waals surface area contributed by atoms with Crippen LogP contribution in [0.5, 0.6) is 5.75 Å². The lowest BCUT2D eigenvalue weighted by Gasteiger charge is -2.16. The monoisotopic (exact) mass is 581 g/mol. The molecule has 0 unspecified atom stereocenters. The quantitative estimate of drug-likeness (QED) is 0.191. The summed E-state index contributed by atoms with van der Waals surface area (Å²) in [6.45, 7) is 5.04. The van der Waals surface area contributed by atoms with Crippen LogP contribution in [0.2, 0.25) is 5.02 Å². The van der Waals surface area contributed by atoms with Crippen LogP contribution in [-0.4, -0.2) is 45.8 Å². The van der Waals surface area contributed by atoms with Crippen molar-refractivity contribution in [3.8, 4) is 11.8 Å². The van der Waals surface area contributed by atoms with E-state index in [2.05, 4.69) is 31.6 Å². The minimum atomic E-state index is -0.0562. The first-order valence-corrected chi connectivity index (χ1v) is 14.0. The van der Waals surface area contributed by atoms with Gasteiger partial charge >= 0.3 is 0 Å². The van der Waals surface area contributed by atoms with Crippen LogP contribution >= 0.6 is 11.6 Å². The Labute approximate surface area is 249 Å². The molecule has 0 radical (unpaired) electrons. The van der Waals surface area contributed by atoms with Crippen molar-refractivity contribution in [2.45, 2.75) is 33.3 Å². The minimum absolute atomic E-state index is 0.0562. The average Bonchev–Trinajstić information content (AvgIpc) is 3.38. The zero-order chi connectivity index (χ0) is 29.8. The molecule has 0 spiro atoms. The van der Waals surface area contributed by atoms with E-state index < -0.39 is 0 Å². The molecule has 2 N–H and O–H groups in total. The summed E-state index contributed by atoms with van der Waals surface area (Å²) >= 11 is 6.60. The molecule has 42 heavy (non-hydrogen) atoms. The van der Waals surface area contributed by atoms with E-state index in [-0.39, 0.29) is 12.5 Å². The van der Waals surface area contributed by atoms with E-state index in [0.29, 0.717) is 50.7 Å². The van der Waals surface area contributed by atoms with Gasteiger partial charge in [-0.3, -0.25) is 9.78 Å². The lowest BCUT2D eigenvalue weighted by Crippen LogP contribution is -2.17. The van der Waals surface area contributed by atoms with Gasteiger partial charge in [-0.05, 0) is 88.4 Å². The molecule has 0 aliphatic heterocycles. The first kappa shape index (κ1) is 28.9. The van der Waals surface area contributed by atoms with Crippen molar-refractivity contribution in [3.63, 3.8) is 0 Å². The topological polar surface area (TPSA) is 108 Å². The maximum absolute atomic E-state index is 12.6. The number of ether oxygens (including phenoxy) is 1. The van der Waals surface area contributed by atoms with E-state index in [4.69, 9.17) is 16.3 Å². The van der Waals surface area contributed by atoms with Crippen LogP contribution in [0.1, 0.15) is 35.2 Å². The zero-order valence-electron chi connectivity index (χ0n) is 24.0. The largest absolute Gasteiger partial charge is 0.486 e. The molecule has 2 aromatic carbocycles. The van der Waals surface area contributed by atoms with Crippen molar-refractivity contribution < 1.29 is 9.53 Å². The molecule has 0 bridgehead atoms. The van der Waals surface area contributed by atoms with E-state index in [1.165, 1.54) is 0 Å². The van der Waals surface area contributed by atoms with E-state index >= 15 is 0 Å². The molecule has 5 aromatic rings. The molecule has 3 heterocycles. The lowest BCUT2D eigenvalue weighted by molar-refractivity contribution is -0.116. The number of carbonyl (C=O) groups excluding carboxylic acids is 1. The average molecular weight is 582 g/mol. The van der Waals surface area contributed by atoms with E-state index in [1.54, 1.807) is 18.3 Å². The zero-order valence-corrected chi connectivity index (χ0v) is 24.8. The standard InChI is InChI=1S/C32H32ClN7O2/c1-20-7-5-12-40-18-24(37-32(20)40)19-42-29-10-9-23(14-26(29)33)36-31-22(16-34)17-35-28-13-21(2)27(15-25(28)31)38-30(41)8-6-11-39(3)4/h5,7,9-10,12-15,17-18H,6,8,11,19H2,1-4H3,(H,35,36)(H,38,41). The van der Waals surface area contributed by atoms with Crippen LogP contribution in [0.25, 0.3) is 16.6 Å². The lowest BCUT2D eigenvalue weighted by atomic mass is 10.0. The van der Waals surface area contributed by atoms with Gasteiger partial charge in [0.05, 0.1) is 27.5 Å². The molecule has 3 aromatic heterocycles. The number of nitrogens with one attached hydrogen (secondary N) is 2. The molecule has 9 nitrogen and oxygen atoms in total. The summed E-state index contributed by atoms with van der Waals surface area (Å²) in [6, 6.07) is 15.4. The van der Waals surface area contributed by atoms with Gasteiger partial charge in [0, 0.05) is 41.8 Å². The number of rotatable bonds is 10. The Morgan fingerprint density at radius 1 is 1.17 bits per heavy atom. The van der Waals surface area contributed by atoms with Crippen molar-refractivity contribution in [1.82, 2.24) is 19.3 Å². The van der Waals surface area contributed by atoms with Crippen LogP contribution in [-0.2, 0) is 11.4 Å². The minimum Gasteiger partial charge on any atom is -0.486 e. The van der Waals surface area contributed by atoms with Gasteiger partial charge in [-0.2, -0.15) is 5.26 Å². The molecule has 5 rings (SSSR count). The molecule has 0 aliphatic carbocycles. The molecule has 0 fully saturated rings. The van der Waals surface area contributed by atoms with Gasteiger partial charge < -0.3 is 24.7 Å². The second-order valence-electron chi connectivity index (χ2n) is 10.5. The summed E-state index contributed by atoms with van der Waals surface area (Å²) in [7, 11) is 3.97. The number of amides is 1. The molecule has 214 valence electrons. The third kappa shape index (κ3) is 6.46. The van der Waals surface area contributed by atoms with Crippen LogP contribution < -0.4 is 15.4 Å². The Kier molecular flexibility index (Phi) is 8.57. The molecule has 0 saturated carbocycles. The summed E-state index contributed by atoms with van der Waals surface area (Å²) in [5.74, 6) is 0.463. The number of hydrogen-bond acceptors (Lipinski definition) is 7. The smallest absolute Gasteiger partial charge is 0.224 e. The second kappa shape index (κ2) is 12.5. The van der Waals surface area contributed by atoms with Crippen molar-refractivity contribution in [3.05, 3.63) is 88.5 Å². The number of carbonyl (C=O) groups is 1. The fourth-order valence-corrected chi connectivity index (χ4v) is 4.97. The summed E-state index contributed by atoms with van der Waals surface area (Å²) in [6.07, 6.45) is 6.61. The predicted molar refractivity (Wildman–Crippen MR) is 167 cm³/mol.